The van der Waals surface area contributed by atoms with Gasteiger partial charge in [0.15, 0.2) is 11.6 Å². The number of nitrogens with zero attached hydrogens (tertiary/aromatic N) is 1. The molecule has 1 saturated heterocycles. The second-order valence-electron chi connectivity index (χ2n) is 4.47. The molecule has 1 fully saturated rings. The molecule has 5 heteroatoms. The molecular formula is C13H20N2OS2. The Balaban J connectivity index is 1.91. The molecule has 0 radical (unpaired) electrons. The average Bonchev–Trinajstić information content (AvgIpc) is 2.38. The molecule has 0 bridgehead atoms. The van der Waals surface area contributed by atoms with E-state index in [0.717, 1.165) is 18.1 Å². The highest BCUT2D eigenvalue weighted by molar-refractivity contribution is 8.06. The molecular weight excluding hydrogens is 264 g/mol. The first-order valence-corrected chi connectivity index (χ1v) is 8.51. The summed E-state index contributed by atoms with van der Waals surface area (Å²) in [7, 11) is 0. The quantitative estimate of drug-likeness (QED) is 0.898. The van der Waals surface area contributed by atoms with Crippen LogP contribution in [0.3, 0.4) is 0 Å². The Morgan fingerprint density at radius 2 is 2.39 bits per heavy atom. The molecule has 1 aromatic heterocycles. The maximum Gasteiger partial charge on any atom is 0.168 e. The Hall–Kier alpha value is -0.550. The van der Waals surface area contributed by atoms with Gasteiger partial charge < -0.3 is 10.1 Å². The Bertz CT molecular complexity index is 368. The van der Waals surface area contributed by atoms with Crippen LogP contribution in [0.5, 0.6) is 5.75 Å². The van der Waals surface area contributed by atoms with E-state index in [9.17, 15) is 0 Å². The third kappa shape index (κ3) is 4.28. The zero-order valence-electron chi connectivity index (χ0n) is 10.9. The van der Waals surface area contributed by atoms with Crippen LogP contribution in [0.4, 0.5) is 5.82 Å². The lowest BCUT2D eigenvalue weighted by atomic mass is 10.4. The number of pyridine rings is 1. The van der Waals surface area contributed by atoms with Gasteiger partial charge in [-0.15, -0.1) is 0 Å². The average molecular weight is 284 g/mol. The number of hydrogen-bond acceptors (Lipinski definition) is 5. The lowest BCUT2D eigenvalue weighted by Crippen LogP contribution is -2.24. The van der Waals surface area contributed by atoms with Gasteiger partial charge >= 0.3 is 0 Å². The van der Waals surface area contributed by atoms with Crippen LogP contribution in [-0.2, 0) is 0 Å². The number of thioether (sulfide) groups is 2. The highest BCUT2D eigenvalue weighted by Gasteiger charge is 2.15. The second-order valence-corrected chi connectivity index (χ2v) is 7.02. The number of ether oxygens (including phenoxy) is 1. The van der Waals surface area contributed by atoms with Crippen LogP contribution in [-0.4, -0.2) is 40.1 Å². The smallest absolute Gasteiger partial charge is 0.168 e. The number of hydrogen-bond donors (Lipinski definition) is 1. The highest BCUT2D eigenvalue weighted by atomic mass is 32.2. The summed E-state index contributed by atoms with van der Waals surface area (Å²) in [6, 6.07) is 3.88. The van der Waals surface area contributed by atoms with E-state index in [1.807, 2.05) is 37.7 Å². The molecule has 2 rings (SSSR count). The number of anilines is 1. The largest absolute Gasteiger partial charge is 0.487 e. The summed E-state index contributed by atoms with van der Waals surface area (Å²) in [5.41, 5.74) is 0. The predicted molar refractivity (Wildman–Crippen MR) is 82.1 cm³/mol. The Morgan fingerprint density at radius 1 is 1.50 bits per heavy atom. The summed E-state index contributed by atoms with van der Waals surface area (Å²) in [4.78, 5) is 4.36. The van der Waals surface area contributed by atoms with Crippen molar-refractivity contribution in [1.82, 2.24) is 4.98 Å². The van der Waals surface area contributed by atoms with Crippen LogP contribution in [0.15, 0.2) is 18.3 Å². The van der Waals surface area contributed by atoms with Crippen molar-refractivity contribution in [1.29, 1.82) is 0 Å². The number of rotatable bonds is 5. The molecule has 1 aromatic rings. The summed E-state index contributed by atoms with van der Waals surface area (Å²) in [6.07, 6.45) is 1.98. The molecule has 100 valence electrons. The fraction of sp³-hybridized carbons (Fsp3) is 0.615. The van der Waals surface area contributed by atoms with E-state index in [2.05, 4.69) is 22.1 Å². The molecule has 0 aromatic carbocycles. The van der Waals surface area contributed by atoms with E-state index in [1.54, 1.807) is 6.20 Å². The van der Waals surface area contributed by atoms with E-state index in [4.69, 9.17) is 4.74 Å². The highest BCUT2D eigenvalue weighted by Crippen LogP contribution is 2.26. The SMILES string of the molecule is CC(C)Oc1cccnc1NCC1CSCCS1. The molecule has 1 atom stereocenters. The minimum absolute atomic E-state index is 0.175. The number of nitrogens with one attached hydrogen (secondary N) is 1. The molecule has 1 aliphatic rings. The van der Waals surface area contributed by atoms with Crippen molar-refractivity contribution in [2.45, 2.75) is 25.2 Å². The maximum absolute atomic E-state index is 5.75. The van der Waals surface area contributed by atoms with Gasteiger partial charge in [0.1, 0.15) is 0 Å². The van der Waals surface area contributed by atoms with Crippen LogP contribution < -0.4 is 10.1 Å². The molecule has 18 heavy (non-hydrogen) atoms. The Labute approximate surface area is 117 Å². The van der Waals surface area contributed by atoms with Crippen LogP contribution in [0.1, 0.15) is 13.8 Å². The molecule has 3 nitrogen and oxygen atoms in total. The van der Waals surface area contributed by atoms with Gasteiger partial charge in [-0.2, -0.15) is 23.5 Å². The summed E-state index contributed by atoms with van der Waals surface area (Å²) < 4.78 is 5.75. The molecule has 1 aliphatic heterocycles. The van der Waals surface area contributed by atoms with Gasteiger partial charge in [-0.25, -0.2) is 4.98 Å². The third-order valence-corrected chi connectivity index (χ3v) is 5.36. The molecule has 0 saturated carbocycles. The van der Waals surface area contributed by atoms with Crippen molar-refractivity contribution in [2.24, 2.45) is 0 Å². The van der Waals surface area contributed by atoms with Crippen molar-refractivity contribution >= 4 is 29.3 Å². The number of aromatic nitrogens is 1. The maximum atomic E-state index is 5.75. The lowest BCUT2D eigenvalue weighted by molar-refractivity contribution is 0.243. The van der Waals surface area contributed by atoms with E-state index in [1.165, 1.54) is 17.3 Å². The zero-order valence-corrected chi connectivity index (χ0v) is 12.5. The molecule has 1 unspecified atom stereocenters. The van der Waals surface area contributed by atoms with Gasteiger partial charge in [-0.3, -0.25) is 0 Å². The summed E-state index contributed by atoms with van der Waals surface area (Å²) in [5.74, 6) is 5.48. The zero-order chi connectivity index (χ0) is 12.8. The molecule has 1 N–H and O–H groups in total. The van der Waals surface area contributed by atoms with Gasteiger partial charge in [0.25, 0.3) is 0 Å². The molecule has 0 amide bonds. The topological polar surface area (TPSA) is 34.1 Å². The van der Waals surface area contributed by atoms with Crippen molar-refractivity contribution in [3.05, 3.63) is 18.3 Å². The first-order valence-electron chi connectivity index (χ1n) is 6.30. The minimum Gasteiger partial charge on any atom is -0.487 e. The van der Waals surface area contributed by atoms with E-state index in [-0.39, 0.29) is 6.10 Å². The van der Waals surface area contributed by atoms with Gasteiger partial charge in [0, 0.05) is 35.3 Å². The monoisotopic (exact) mass is 284 g/mol. The van der Waals surface area contributed by atoms with Crippen molar-refractivity contribution < 1.29 is 4.74 Å². The fourth-order valence-corrected chi connectivity index (χ4v) is 4.35. The summed E-state index contributed by atoms with van der Waals surface area (Å²) in [6.45, 7) is 5.03. The fourth-order valence-electron chi connectivity index (χ4n) is 1.74. The standard InChI is InChI=1S/C13H20N2OS2/c1-10(2)16-12-4-3-5-14-13(12)15-8-11-9-17-6-7-18-11/h3-5,10-11H,6-9H2,1-2H3,(H,14,15). The van der Waals surface area contributed by atoms with Crippen molar-refractivity contribution in [3.8, 4) is 5.75 Å². The van der Waals surface area contributed by atoms with Gasteiger partial charge in [-0.1, -0.05) is 0 Å². The first kappa shape index (κ1) is 13.9. The lowest BCUT2D eigenvalue weighted by Gasteiger charge is -2.22. The molecule has 0 aliphatic carbocycles. The van der Waals surface area contributed by atoms with Gasteiger partial charge in [0.05, 0.1) is 6.10 Å². The van der Waals surface area contributed by atoms with E-state index >= 15 is 0 Å². The summed E-state index contributed by atoms with van der Waals surface area (Å²) in [5, 5.41) is 4.10. The van der Waals surface area contributed by atoms with E-state index in [0.29, 0.717) is 5.25 Å². The van der Waals surface area contributed by atoms with Gasteiger partial charge in [-0.05, 0) is 26.0 Å². The van der Waals surface area contributed by atoms with Crippen molar-refractivity contribution in [2.75, 3.05) is 29.1 Å². The third-order valence-electron chi connectivity index (χ3n) is 2.52. The Kier molecular flexibility index (Phi) is 5.50. The Morgan fingerprint density at radius 3 is 3.11 bits per heavy atom. The van der Waals surface area contributed by atoms with Crippen LogP contribution in [0.25, 0.3) is 0 Å². The minimum atomic E-state index is 0.175. The second kappa shape index (κ2) is 7.14. The van der Waals surface area contributed by atoms with Crippen LogP contribution in [0.2, 0.25) is 0 Å². The van der Waals surface area contributed by atoms with Crippen LogP contribution in [0, 0.1) is 0 Å². The van der Waals surface area contributed by atoms with Gasteiger partial charge in [0.2, 0.25) is 0 Å². The van der Waals surface area contributed by atoms with Crippen LogP contribution >= 0.6 is 23.5 Å². The molecule has 2 heterocycles. The van der Waals surface area contributed by atoms with Crippen molar-refractivity contribution in [3.63, 3.8) is 0 Å². The summed E-state index contributed by atoms with van der Waals surface area (Å²) >= 11 is 4.09. The van der Waals surface area contributed by atoms with E-state index < -0.39 is 0 Å². The molecule has 0 spiro atoms. The first-order chi connectivity index (χ1) is 8.75. The predicted octanol–water partition coefficient (Wildman–Crippen LogP) is 3.13. The normalized spacial score (nSPS) is 19.8.